The molecular formula is C13H14ClF3O. The summed E-state index contributed by atoms with van der Waals surface area (Å²) < 4.78 is 39.7. The molecule has 1 aliphatic carbocycles. The van der Waals surface area contributed by atoms with Crippen LogP contribution in [0, 0.1) is 5.92 Å². The molecule has 0 saturated heterocycles. The molecule has 0 heterocycles. The number of alkyl halides is 4. The van der Waals surface area contributed by atoms with Crippen LogP contribution >= 0.6 is 11.6 Å². The van der Waals surface area contributed by atoms with E-state index in [9.17, 15) is 13.2 Å². The van der Waals surface area contributed by atoms with Gasteiger partial charge in [0, 0.05) is 5.38 Å². The van der Waals surface area contributed by atoms with Gasteiger partial charge in [-0.3, -0.25) is 0 Å². The molecule has 1 unspecified atom stereocenters. The number of hydrogen-bond donors (Lipinski definition) is 0. The average molecular weight is 279 g/mol. The molecular weight excluding hydrogens is 265 g/mol. The summed E-state index contributed by atoms with van der Waals surface area (Å²) in [5, 5.41) is 0.191. The van der Waals surface area contributed by atoms with Crippen molar-refractivity contribution in [3.63, 3.8) is 0 Å². The zero-order chi connectivity index (χ0) is 13.2. The first-order chi connectivity index (χ1) is 8.44. The number of hydrogen-bond acceptors (Lipinski definition) is 1. The fourth-order valence-electron chi connectivity index (χ4n) is 1.86. The molecule has 1 aliphatic rings. The Morgan fingerprint density at radius 3 is 2.33 bits per heavy atom. The fraction of sp³-hybridized carbons (Fsp3) is 0.538. The molecule has 1 saturated carbocycles. The molecule has 1 nitrogen and oxygen atoms in total. The Hall–Kier alpha value is -0.900. The molecule has 1 fully saturated rings. The Labute approximate surface area is 109 Å². The first-order valence-corrected chi connectivity index (χ1v) is 6.36. The van der Waals surface area contributed by atoms with E-state index in [1.807, 2.05) is 0 Å². The van der Waals surface area contributed by atoms with Crippen LogP contribution in [0.4, 0.5) is 13.2 Å². The van der Waals surface area contributed by atoms with Gasteiger partial charge >= 0.3 is 6.36 Å². The maximum atomic E-state index is 12.0. The van der Waals surface area contributed by atoms with Gasteiger partial charge in [-0.05, 0) is 49.3 Å². The van der Waals surface area contributed by atoms with Crippen LogP contribution < -0.4 is 4.74 Å². The minimum atomic E-state index is -4.63. The van der Waals surface area contributed by atoms with E-state index in [0.29, 0.717) is 5.92 Å². The van der Waals surface area contributed by atoms with Crippen molar-refractivity contribution in [2.75, 3.05) is 0 Å². The molecule has 1 aromatic carbocycles. The lowest BCUT2D eigenvalue weighted by molar-refractivity contribution is -0.274. The second kappa shape index (κ2) is 5.39. The van der Waals surface area contributed by atoms with E-state index in [-0.39, 0.29) is 11.1 Å². The Bertz CT molecular complexity index is 384. The highest BCUT2D eigenvalue weighted by molar-refractivity contribution is 6.20. The van der Waals surface area contributed by atoms with Crippen molar-refractivity contribution >= 4 is 11.6 Å². The van der Waals surface area contributed by atoms with Gasteiger partial charge < -0.3 is 4.74 Å². The summed E-state index contributed by atoms with van der Waals surface area (Å²) in [6.45, 7) is 0. The first kappa shape index (κ1) is 13.5. The fourth-order valence-corrected chi connectivity index (χ4v) is 2.22. The summed E-state index contributed by atoms with van der Waals surface area (Å²) in [7, 11) is 0. The van der Waals surface area contributed by atoms with Crippen LogP contribution in [0.1, 0.15) is 24.8 Å². The van der Waals surface area contributed by atoms with Gasteiger partial charge in [0.15, 0.2) is 0 Å². The molecule has 0 aromatic heterocycles. The Morgan fingerprint density at radius 1 is 1.22 bits per heavy atom. The van der Waals surface area contributed by atoms with E-state index < -0.39 is 6.36 Å². The molecule has 0 amide bonds. The predicted octanol–water partition coefficient (Wildman–Crippen LogP) is 4.54. The van der Waals surface area contributed by atoms with Crippen molar-refractivity contribution in [3.05, 3.63) is 29.8 Å². The van der Waals surface area contributed by atoms with Crippen molar-refractivity contribution in [2.45, 2.75) is 37.4 Å². The number of halogens is 4. The van der Waals surface area contributed by atoms with Gasteiger partial charge in [0.2, 0.25) is 0 Å². The van der Waals surface area contributed by atoms with E-state index >= 15 is 0 Å². The van der Waals surface area contributed by atoms with Gasteiger partial charge in [0.1, 0.15) is 5.75 Å². The van der Waals surface area contributed by atoms with Crippen LogP contribution in [0.15, 0.2) is 24.3 Å². The summed E-state index contributed by atoms with van der Waals surface area (Å²) in [6, 6.07) is 5.97. The summed E-state index contributed by atoms with van der Waals surface area (Å²) in [6.07, 6.45) is -0.573. The van der Waals surface area contributed by atoms with E-state index in [0.717, 1.165) is 18.4 Å². The molecule has 0 bridgehead atoms. The number of benzene rings is 1. The Balaban J connectivity index is 1.83. The van der Waals surface area contributed by atoms with Crippen LogP contribution in [0.3, 0.4) is 0 Å². The third-order valence-electron chi connectivity index (χ3n) is 3.00. The summed E-state index contributed by atoms with van der Waals surface area (Å²) in [4.78, 5) is 0. The molecule has 5 heteroatoms. The smallest absolute Gasteiger partial charge is 0.406 e. The molecule has 0 radical (unpaired) electrons. The van der Waals surface area contributed by atoms with Crippen LogP contribution in [-0.4, -0.2) is 11.7 Å². The lowest BCUT2D eigenvalue weighted by Crippen LogP contribution is -2.17. The Kier molecular flexibility index (Phi) is 4.05. The maximum Gasteiger partial charge on any atom is 0.573 e. The van der Waals surface area contributed by atoms with Crippen molar-refractivity contribution in [3.8, 4) is 5.75 Å². The minimum absolute atomic E-state index is 0.184. The Morgan fingerprint density at radius 2 is 1.83 bits per heavy atom. The van der Waals surface area contributed by atoms with E-state index in [1.165, 1.54) is 25.0 Å². The number of rotatable bonds is 5. The van der Waals surface area contributed by atoms with Gasteiger partial charge in [0.25, 0.3) is 0 Å². The minimum Gasteiger partial charge on any atom is -0.406 e. The average Bonchev–Trinajstić information content (AvgIpc) is 3.09. The van der Waals surface area contributed by atoms with Crippen molar-refractivity contribution in [1.82, 2.24) is 0 Å². The van der Waals surface area contributed by atoms with Gasteiger partial charge in [-0.2, -0.15) is 0 Å². The van der Waals surface area contributed by atoms with Crippen LogP contribution in [0.2, 0.25) is 0 Å². The summed E-state index contributed by atoms with van der Waals surface area (Å²) in [5.74, 6) is 0.454. The lowest BCUT2D eigenvalue weighted by atomic mass is 10.1. The first-order valence-electron chi connectivity index (χ1n) is 5.93. The molecule has 0 spiro atoms. The van der Waals surface area contributed by atoms with E-state index in [1.54, 1.807) is 12.1 Å². The molecule has 0 aliphatic heterocycles. The van der Waals surface area contributed by atoms with Crippen LogP contribution in [0.5, 0.6) is 5.75 Å². The quantitative estimate of drug-likeness (QED) is 0.719. The SMILES string of the molecule is FC(F)(F)Oc1ccc(CCC(Cl)C2CC2)cc1. The predicted molar refractivity (Wildman–Crippen MR) is 63.8 cm³/mol. The zero-order valence-corrected chi connectivity index (χ0v) is 10.5. The molecule has 0 N–H and O–H groups in total. The highest BCUT2D eigenvalue weighted by Crippen LogP contribution is 2.37. The molecule has 1 aromatic rings. The molecule has 1 atom stereocenters. The van der Waals surface area contributed by atoms with Crippen LogP contribution in [0.25, 0.3) is 0 Å². The van der Waals surface area contributed by atoms with Gasteiger partial charge in [-0.1, -0.05) is 12.1 Å². The summed E-state index contributed by atoms with van der Waals surface area (Å²) >= 11 is 6.17. The third kappa shape index (κ3) is 4.41. The van der Waals surface area contributed by atoms with Gasteiger partial charge in [-0.15, -0.1) is 24.8 Å². The van der Waals surface area contributed by atoms with Crippen LogP contribution in [-0.2, 0) is 6.42 Å². The van der Waals surface area contributed by atoms with Gasteiger partial charge in [0.05, 0.1) is 0 Å². The van der Waals surface area contributed by atoms with Crippen molar-refractivity contribution in [1.29, 1.82) is 0 Å². The molecule has 18 heavy (non-hydrogen) atoms. The lowest BCUT2D eigenvalue weighted by Gasteiger charge is -2.10. The third-order valence-corrected chi connectivity index (χ3v) is 3.57. The monoisotopic (exact) mass is 278 g/mol. The van der Waals surface area contributed by atoms with Crippen molar-refractivity contribution < 1.29 is 17.9 Å². The van der Waals surface area contributed by atoms with E-state index in [4.69, 9.17) is 11.6 Å². The number of aryl methyl sites for hydroxylation is 1. The normalized spacial score (nSPS) is 17.6. The largest absolute Gasteiger partial charge is 0.573 e. The highest BCUT2D eigenvalue weighted by atomic mass is 35.5. The van der Waals surface area contributed by atoms with Crippen molar-refractivity contribution in [2.24, 2.45) is 5.92 Å². The standard InChI is InChI=1S/C13H14ClF3O/c14-12(10-4-5-10)8-3-9-1-6-11(7-2-9)18-13(15,16)17/h1-2,6-7,10,12H,3-5,8H2. The maximum absolute atomic E-state index is 12.0. The van der Waals surface area contributed by atoms with Gasteiger partial charge in [-0.25, -0.2) is 0 Å². The molecule has 100 valence electrons. The highest BCUT2D eigenvalue weighted by Gasteiger charge is 2.31. The number of ether oxygens (including phenoxy) is 1. The second-order valence-corrected chi connectivity index (χ2v) is 5.14. The topological polar surface area (TPSA) is 9.23 Å². The molecule has 2 rings (SSSR count). The zero-order valence-electron chi connectivity index (χ0n) is 9.71. The summed E-state index contributed by atoms with van der Waals surface area (Å²) in [5.41, 5.74) is 0.982. The second-order valence-electron chi connectivity index (χ2n) is 4.58. The van der Waals surface area contributed by atoms with E-state index in [2.05, 4.69) is 4.74 Å².